The fourth-order valence-corrected chi connectivity index (χ4v) is 8.10. The summed E-state index contributed by atoms with van der Waals surface area (Å²) in [6.07, 6.45) is 3.79. The molecule has 0 amide bonds. The zero-order valence-corrected chi connectivity index (χ0v) is 35.1. The van der Waals surface area contributed by atoms with E-state index >= 15 is 0 Å². The van der Waals surface area contributed by atoms with Crippen LogP contribution in [-0.2, 0) is 30.2 Å². The van der Waals surface area contributed by atoms with Gasteiger partial charge in [0.2, 0.25) is 0 Å². The Hall–Kier alpha value is -4.60. The molecule has 1 aliphatic rings. The van der Waals surface area contributed by atoms with Gasteiger partial charge in [-0.25, -0.2) is 9.59 Å². The Morgan fingerprint density at radius 1 is 0.509 bits per heavy atom. The zero-order valence-electron chi connectivity index (χ0n) is 35.1. The van der Waals surface area contributed by atoms with Crippen molar-refractivity contribution in [1.29, 1.82) is 0 Å². The van der Waals surface area contributed by atoms with Crippen LogP contribution >= 0.6 is 0 Å². The molecule has 276 valence electrons. The lowest BCUT2D eigenvalue weighted by molar-refractivity contribution is 0.00578. The summed E-state index contributed by atoms with van der Waals surface area (Å²) in [5, 5.41) is 0.420. The molecule has 0 unspecified atom stereocenters. The summed E-state index contributed by atoms with van der Waals surface area (Å²) in [4.78, 5) is 36.5. The fourth-order valence-electron chi connectivity index (χ4n) is 8.10. The van der Waals surface area contributed by atoms with Gasteiger partial charge >= 0.3 is 18.4 Å². The molecule has 0 radical (unpaired) electrons. The van der Waals surface area contributed by atoms with Crippen molar-refractivity contribution in [1.82, 2.24) is 9.97 Å². The van der Waals surface area contributed by atoms with Gasteiger partial charge in [-0.15, -0.1) is 0 Å². The van der Waals surface area contributed by atoms with E-state index in [1.807, 2.05) is 60.9 Å². The average Bonchev–Trinajstić information content (AvgIpc) is 3.39. The fraction of sp³-hybridized carbons (Fsp3) is 0.250. The molecule has 57 heavy (non-hydrogen) atoms. The summed E-state index contributed by atoms with van der Waals surface area (Å²) in [6.45, 7) is 8.27. The van der Waals surface area contributed by atoms with Gasteiger partial charge in [-0.3, -0.25) is 9.97 Å². The first-order valence-electron chi connectivity index (χ1n) is 19.7. The molecule has 8 nitrogen and oxygen atoms in total. The minimum Gasteiger partial charge on any atom is -0.422 e. The molecule has 1 aliphatic heterocycles. The van der Waals surface area contributed by atoms with Gasteiger partial charge in [0.1, 0.15) is 73.9 Å². The normalized spacial score (nSPS) is 16.2. The van der Waals surface area contributed by atoms with E-state index < -0.39 is 50.4 Å². The number of hydrogen-bond donors (Lipinski definition) is 0. The van der Waals surface area contributed by atoms with Crippen molar-refractivity contribution in [2.24, 2.45) is 0 Å². The first-order valence-corrected chi connectivity index (χ1v) is 19.7. The highest BCUT2D eigenvalue weighted by molar-refractivity contribution is 6.63. The predicted molar refractivity (Wildman–Crippen MR) is 253 cm³/mol. The van der Waals surface area contributed by atoms with Gasteiger partial charge in [-0.2, -0.15) is 0 Å². The Kier molecular flexibility index (Phi) is 8.92. The van der Waals surface area contributed by atoms with Crippen LogP contribution in [0.15, 0.2) is 110 Å². The van der Waals surface area contributed by atoms with E-state index in [1.54, 1.807) is 12.1 Å². The van der Waals surface area contributed by atoms with Crippen molar-refractivity contribution in [3.63, 3.8) is 0 Å². The second kappa shape index (κ2) is 13.0. The lowest BCUT2D eigenvalue weighted by atomic mass is 9.25. The quantitative estimate of drug-likeness (QED) is 0.109. The predicted octanol–water partition coefficient (Wildman–Crippen LogP) is -1.63. The van der Waals surface area contributed by atoms with E-state index in [0.29, 0.717) is 33.0 Å². The molecule has 4 aromatic heterocycles. The highest BCUT2D eigenvalue weighted by atomic mass is 16.7. The van der Waals surface area contributed by atoms with Crippen LogP contribution in [0.3, 0.4) is 0 Å². The number of rotatable bonds is 7. The Morgan fingerprint density at radius 3 is 1.28 bits per heavy atom. The Balaban J connectivity index is 1.27. The molecule has 0 spiro atoms. The van der Waals surface area contributed by atoms with Crippen LogP contribution < -0.4 is 16.7 Å². The SMILES string of the molecule is BC(B)(c1cc(B2OC(C)(C)C(C)(C)O2)cc(C(B)(B)C(B)(B)c2cnc3c(c2)c(=O)oc2ccccc23)c1)C(B)(B)c1cnc2c(c1)c(=O)oc1ccccc12. The highest BCUT2D eigenvalue weighted by Crippen LogP contribution is 2.42. The monoisotopic (exact) mass is 746 g/mol. The van der Waals surface area contributed by atoms with Gasteiger partial charge in [0, 0.05) is 23.2 Å². The summed E-state index contributed by atoms with van der Waals surface area (Å²) in [5.41, 5.74) is 5.30. The smallest absolute Gasteiger partial charge is 0.422 e. The number of para-hydroxylation sites is 2. The number of aromatic nitrogens is 2. The first kappa shape index (κ1) is 39.2. The zero-order chi connectivity index (χ0) is 41.1. The second-order valence-corrected chi connectivity index (χ2v) is 18.9. The van der Waals surface area contributed by atoms with Crippen molar-refractivity contribution < 1.29 is 18.1 Å². The number of benzene rings is 3. The summed E-state index contributed by atoms with van der Waals surface area (Å²) < 4.78 is 24.9. The molecule has 0 saturated carbocycles. The summed E-state index contributed by atoms with van der Waals surface area (Å²) in [5.74, 6) is 0. The number of fused-ring (bicyclic) bond motifs is 6. The number of hydrogen-bond acceptors (Lipinski definition) is 8. The van der Waals surface area contributed by atoms with Gasteiger partial charge in [-0.05, 0) is 80.7 Å². The van der Waals surface area contributed by atoms with Crippen LogP contribution in [0.1, 0.15) is 49.9 Å². The molecule has 7 aromatic rings. The lowest BCUT2D eigenvalue weighted by Gasteiger charge is -2.47. The van der Waals surface area contributed by atoms with Gasteiger partial charge in [0.05, 0.1) is 33.0 Å². The summed E-state index contributed by atoms with van der Waals surface area (Å²) >= 11 is 0. The van der Waals surface area contributed by atoms with Gasteiger partial charge in [-0.1, -0.05) is 74.4 Å². The number of pyridine rings is 2. The van der Waals surface area contributed by atoms with Crippen molar-refractivity contribution in [3.8, 4) is 0 Å². The van der Waals surface area contributed by atoms with E-state index in [1.165, 1.54) is 0 Å². The Bertz CT molecular complexity index is 2720. The third-order valence-electron chi connectivity index (χ3n) is 14.4. The first-order chi connectivity index (χ1) is 26.6. The molecular weight excluding hydrogens is 702 g/mol. The largest absolute Gasteiger partial charge is 0.494 e. The van der Waals surface area contributed by atoms with E-state index in [4.69, 9.17) is 28.1 Å². The number of nitrogens with zero attached hydrogens (tertiary/aromatic N) is 2. The highest BCUT2D eigenvalue weighted by Gasteiger charge is 2.53. The van der Waals surface area contributed by atoms with E-state index in [9.17, 15) is 9.59 Å². The third-order valence-corrected chi connectivity index (χ3v) is 14.4. The third kappa shape index (κ3) is 6.02. The molecule has 0 atom stereocenters. The van der Waals surface area contributed by atoms with Crippen molar-refractivity contribution in [2.45, 2.75) is 59.8 Å². The van der Waals surface area contributed by atoms with Crippen LogP contribution in [0.5, 0.6) is 0 Å². The van der Waals surface area contributed by atoms with Crippen LogP contribution in [0, 0.1) is 0 Å². The lowest BCUT2D eigenvalue weighted by Crippen LogP contribution is -2.54. The van der Waals surface area contributed by atoms with E-state index in [2.05, 4.69) is 109 Å². The van der Waals surface area contributed by atoms with Crippen molar-refractivity contribution in [3.05, 3.63) is 134 Å². The molecule has 1 saturated heterocycles. The Morgan fingerprint density at radius 2 is 0.877 bits per heavy atom. The maximum absolute atomic E-state index is 13.3. The molecule has 0 bridgehead atoms. The molecular formula is C40H43B9N2O6. The minimum absolute atomic E-state index is 0.408. The van der Waals surface area contributed by atoms with Crippen LogP contribution in [0.25, 0.3) is 43.7 Å². The van der Waals surface area contributed by atoms with Crippen molar-refractivity contribution in [2.75, 3.05) is 0 Å². The summed E-state index contributed by atoms with van der Waals surface area (Å²) in [7, 11) is 17.1. The van der Waals surface area contributed by atoms with Gasteiger partial charge < -0.3 is 18.1 Å². The topological polar surface area (TPSA) is 105 Å². The molecule has 0 aliphatic carbocycles. The molecule has 0 N–H and O–H groups in total. The maximum Gasteiger partial charge on any atom is 0.494 e. The standard InChI is InChI=1S/C40H43B9N2O6/c1-35(2)36(3,4)57-49(56-35)24-14-20(37(41,42)39(45,46)22-16-27-31(50-18-22)25-9-5-7-11-29(25)54-33(27)52)13-21(15-24)38(43,44)40(47,48)23-17-28-32(51-19-23)26-10-6-8-12-30(26)55-34(28)53/h5-19H,41-48H2,1-4H3. The molecule has 17 heteroatoms. The molecule has 1 fully saturated rings. The molecule has 8 rings (SSSR count). The Labute approximate surface area is 340 Å². The van der Waals surface area contributed by atoms with E-state index in [-0.39, 0.29) is 0 Å². The summed E-state index contributed by atoms with van der Waals surface area (Å²) in [6, 6.07) is 25.6. The average molecular weight is 745 g/mol. The van der Waals surface area contributed by atoms with Crippen LogP contribution in [-0.4, -0.2) is 91.1 Å². The van der Waals surface area contributed by atoms with E-state index in [0.717, 1.165) is 38.5 Å². The van der Waals surface area contributed by atoms with Crippen molar-refractivity contribution >= 4 is 119 Å². The van der Waals surface area contributed by atoms with Gasteiger partial charge in [0.15, 0.2) is 0 Å². The van der Waals surface area contributed by atoms with Gasteiger partial charge in [0.25, 0.3) is 0 Å². The minimum atomic E-state index is -0.605. The molecule has 3 aromatic carbocycles. The van der Waals surface area contributed by atoms with Crippen LogP contribution in [0.2, 0.25) is 0 Å². The second-order valence-electron chi connectivity index (χ2n) is 18.9. The molecule has 5 heterocycles. The van der Waals surface area contributed by atoms with Crippen LogP contribution in [0.4, 0.5) is 0 Å². The maximum atomic E-state index is 13.3.